The lowest BCUT2D eigenvalue weighted by atomic mass is 10.1. The van der Waals surface area contributed by atoms with Crippen molar-refractivity contribution < 1.29 is 27.2 Å². The summed E-state index contributed by atoms with van der Waals surface area (Å²) < 4.78 is 54.3. The normalized spacial score (nSPS) is 11.3. The summed E-state index contributed by atoms with van der Waals surface area (Å²) in [7, 11) is 0. The summed E-state index contributed by atoms with van der Waals surface area (Å²) in [5.74, 6) is -7.44. The average molecular weight is 396 g/mol. The van der Waals surface area contributed by atoms with Crippen molar-refractivity contribution in [2.24, 2.45) is 0 Å². The highest BCUT2D eigenvalue weighted by atomic mass is 19.2. The molecule has 4 nitrogen and oxygen atoms in total. The fourth-order valence-electron chi connectivity index (χ4n) is 2.46. The lowest BCUT2D eigenvalue weighted by Gasteiger charge is -2.35. The predicted octanol–water partition coefficient (Wildman–Crippen LogP) is 4.39. The van der Waals surface area contributed by atoms with E-state index in [-0.39, 0.29) is 5.56 Å². The van der Waals surface area contributed by atoms with Crippen molar-refractivity contribution in [3.63, 3.8) is 0 Å². The van der Waals surface area contributed by atoms with Crippen LogP contribution in [0.15, 0.2) is 30.3 Å². The van der Waals surface area contributed by atoms with Crippen LogP contribution in [0.4, 0.5) is 17.6 Å². The number of aryl methyl sites for hydroxylation is 1. The molecule has 0 saturated heterocycles. The van der Waals surface area contributed by atoms with Gasteiger partial charge in [-0.1, -0.05) is 13.0 Å². The third-order valence-corrected chi connectivity index (χ3v) is 4.00. The van der Waals surface area contributed by atoms with Crippen LogP contribution < -0.4 is 5.43 Å². The van der Waals surface area contributed by atoms with Gasteiger partial charge in [-0.3, -0.25) is 15.0 Å². The molecule has 2 rings (SSSR count). The van der Waals surface area contributed by atoms with Crippen LogP contribution in [-0.4, -0.2) is 22.4 Å². The molecule has 0 atom stereocenters. The summed E-state index contributed by atoms with van der Waals surface area (Å²) >= 11 is 0. The van der Waals surface area contributed by atoms with Crippen LogP contribution in [0, 0.1) is 23.3 Å². The van der Waals surface area contributed by atoms with E-state index >= 15 is 0 Å². The summed E-state index contributed by atoms with van der Waals surface area (Å²) in [6.45, 7) is 6.49. The Labute approximate surface area is 160 Å². The fraction of sp³-hybridized carbons (Fsp3) is 0.300. The second kappa shape index (κ2) is 8.00. The molecule has 0 aromatic heterocycles. The van der Waals surface area contributed by atoms with Gasteiger partial charge in [0.05, 0.1) is 11.1 Å². The minimum Gasteiger partial charge on any atom is -0.267 e. The monoisotopic (exact) mass is 396 g/mol. The van der Waals surface area contributed by atoms with Crippen LogP contribution in [0.1, 0.15) is 54.0 Å². The van der Waals surface area contributed by atoms with E-state index in [1.807, 2.05) is 6.92 Å². The third kappa shape index (κ3) is 4.49. The van der Waals surface area contributed by atoms with Crippen molar-refractivity contribution in [3.8, 4) is 0 Å². The number of benzene rings is 2. The number of carbonyl (C=O) groups is 2. The second-order valence-corrected chi connectivity index (χ2v) is 7.17. The summed E-state index contributed by atoms with van der Waals surface area (Å²) in [4.78, 5) is 25.2. The van der Waals surface area contributed by atoms with Gasteiger partial charge in [0, 0.05) is 5.56 Å². The maximum atomic E-state index is 14.2. The van der Waals surface area contributed by atoms with Crippen LogP contribution in [0.3, 0.4) is 0 Å². The molecule has 0 unspecified atom stereocenters. The summed E-state index contributed by atoms with van der Waals surface area (Å²) in [6, 6.07) is 5.13. The Morgan fingerprint density at radius 2 is 1.54 bits per heavy atom. The zero-order chi connectivity index (χ0) is 21.2. The van der Waals surface area contributed by atoms with E-state index in [2.05, 4.69) is 5.43 Å². The van der Waals surface area contributed by atoms with Gasteiger partial charge in [0.2, 0.25) is 0 Å². The second-order valence-electron chi connectivity index (χ2n) is 7.17. The number of carbonyl (C=O) groups excluding carboxylic acids is 2. The Morgan fingerprint density at radius 3 is 2.00 bits per heavy atom. The molecule has 8 heteroatoms. The van der Waals surface area contributed by atoms with Crippen molar-refractivity contribution in [2.45, 2.75) is 39.7 Å². The van der Waals surface area contributed by atoms with Crippen LogP contribution >= 0.6 is 0 Å². The van der Waals surface area contributed by atoms with Crippen molar-refractivity contribution in [2.75, 3.05) is 0 Å². The zero-order valence-corrected chi connectivity index (χ0v) is 15.9. The highest BCUT2D eigenvalue weighted by molar-refractivity contribution is 5.99. The maximum Gasteiger partial charge on any atom is 0.272 e. The number of hydrazine groups is 1. The van der Waals surface area contributed by atoms with Crippen LogP contribution in [0.25, 0.3) is 0 Å². The topological polar surface area (TPSA) is 49.4 Å². The summed E-state index contributed by atoms with van der Waals surface area (Å²) in [6.07, 6.45) is 0.577. The van der Waals surface area contributed by atoms with Gasteiger partial charge in [-0.25, -0.2) is 22.6 Å². The molecule has 0 heterocycles. The number of nitrogens with one attached hydrogen (secondary N) is 1. The van der Waals surface area contributed by atoms with Gasteiger partial charge in [-0.05, 0) is 57.0 Å². The standard InChI is InChI=1S/C20H20F4N2O2/c1-5-11-6-7-13(14(21)8-11)18(27)25-26(20(2,3)4)19(28)12-9-15(22)17(24)16(23)10-12/h6-10H,5H2,1-4H3,(H,25,27). The summed E-state index contributed by atoms with van der Waals surface area (Å²) in [5.41, 5.74) is 1.12. The molecule has 0 aliphatic heterocycles. The molecule has 28 heavy (non-hydrogen) atoms. The highest BCUT2D eigenvalue weighted by Gasteiger charge is 2.31. The SMILES string of the molecule is CCc1ccc(C(=O)NN(C(=O)c2cc(F)c(F)c(F)c2)C(C)(C)C)c(F)c1. The number of hydrogen-bond donors (Lipinski definition) is 1. The minimum absolute atomic E-state index is 0.296. The van der Waals surface area contributed by atoms with Gasteiger partial charge in [-0.2, -0.15) is 0 Å². The van der Waals surface area contributed by atoms with Gasteiger partial charge in [0.15, 0.2) is 17.5 Å². The van der Waals surface area contributed by atoms with Gasteiger partial charge in [-0.15, -0.1) is 0 Å². The van der Waals surface area contributed by atoms with E-state index in [0.29, 0.717) is 24.1 Å². The molecule has 0 spiro atoms. The Morgan fingerprint density at radius 1 is 0.964 bits per heavy atom. The number of rotatable bonds is 3. The molecule has 0 aliphatic carbocycles. The Hall–Kier alpha value is -2.90. The van der Waals surface area contributed by atoms with Crippen molar-refractivity contribution in [3.05, 3.63) is 70.3 Å². The minimum atomic E-state index is -1.71. The van der Waals surface area contributed by atoms with Crippen LogP contribution in [0.2, 0.25) is 0 Å². The predicted molar refractivity (Wildman–Crippen MR) is 95.5 cm³/mol. The molecule has 0 bridgehead atoms. The van der Waals surface area contributed by atoms with E-state index in [1.165, 1.54) is 12.1 Å². The molecular formula is C20H20F4N2O2. The smallest absolute Gasteiger partial charge is 0.267 e. The molecule has 2 aromatic carbocycles. The van der Waals surface area contributed by atoms with E-state index < -0.39 is 46.2 Å². The van der Waals surface area contributed by atoms with Crippen molar-refractivity contribution in [1.82, 2.24) is 10.4 Å². The number of amides is 2. The number of halogens is 4. The quantitative estimate of drug-likeness (QED) is 0.475. The van der Waals surface area contributed by atoms with E-state index in [4.69, 9.17) is 0 Å². The molecule has 1 N–H and O–H groups in total. The van der Waals surface area contributed by atoms with Gasteiger partial charge in [0.25, 0.3) is 11.8 Å². The Bertz CT molecular complexity index is 900. The molecule has 0 fully saturated rings. The van der Waals surface area contributed by atoms with Crippen LogP contribution in [0.5, 0.6) is 0 Å². The molecule has 0 aliphatic rings. The summed E-state index contributed by atoms with van der Waals surface area (Å²) in [5, 5.41) is 0.814. The number of hydrogen-bond acceptors (Lipinski definition) is 2. The lowest BCUT2D eigenvalue weighted by molar-refractivity contribution is 0.0356. The highest BCUT2D eigenvalue weighted by Crippen LogP contribution is 2.20. The molecular weight excluding hydrogens is 376 g/mol. The first-order valence-electron chi connectivity index (χ1n) is 8.54. The van der Waals surface area contributed by atoms with Crippen molar-refractivity contribution in [1.29, 1.82) is 0 Å². The molecule has 0 saturated carbocycles. The molecule has 2 amide bonds. The molecule has 0 radical (unpaired) electrons. The Balaban J connectivity index is 2.37. The molecule has 150 valence electrons. The third-order valence-electron chi connectivity index (χ3n) is 4.00. The first kappa shape index (κ1) is 21.4. The molecule has 2 aromatic rings. The van der Waals surface area contributed by atoms with Gasteiger partial charge >= 0.3 is 0 Å². The first-order chi connectivity index (χ1) is 13.0. The van der Waals surface area contributed by atoms with Crippen LogP contribution in [-0.2, 0) is 6.42 Å². The Kier molecular flexibility index (Phi) is 6.11. The maximum absolute atomic E-state index is 14.2. The average Bonchev–Trinajstić information content (AvgIpc) is 2.61. The van der Waals surface area contributed by atoms with E-state index in [1.54, 1.807) is 26.8 Å². The van der Waals surface area contributed by atoms with Crippen molar-refractivity contribution >= 4 is 11.8 Å². The zero-order valence-electron chi connectivity index (χ0n) is 15.9. The van der Waals surface area contributed by atoms with Gasteiger partial charge in [0.1, 0.15) is 5.82 Å². The van der Waals surface area contributed by atoms with Gasteiger partial charge < -0.3 is 0 Å². The lowest BCUT2D eigenvalue weighted by Crippen LogP contribution is -2.56. The fourth-order valence-corrected chi connectivity index (χ4v) is 2.46. The first-order valence-corrected chi connectivity index (χ1v) is 8.54. The van der Waals surface area contributed by atoms with E-state index in [0.717, 1.165) is 5.01 Å². The largest absolute Gasteiger partial charge is 0.272 e. The van der Waals surface area contributed by atoms with E-state index in [9.17, 15) is 27.2 Å². The number of nitrogens with zero attached hydrogens (tertiary/aromatic N) is 1.